The molecule has 0 saturated carbocycles. The average Bonchev–Trinajstić information content (AvgIpc) is 2.13. The van der Waals surface area contributed by atoms with E-state index in [2.05, 4.69) is 0 Å². The zero-order chi connectivity index (χ0) is 10.0. The Kier molecular flexibility index (Phi) is 1.34. The number of nitrogens with two attached hydrogens (primary N) is 1. The molecule has 0 aliphatic heterocycles. The first-order chi connectivity index (χ1) is 6.11. The summed E-state index contributed by atoms with van der Waals surface area (Å²) >= 11 is 0. The maximum Gasteiger partial charge on any atom is 0.138 e. The summed E-state index contributed by atoms with van der Waals surface area (Å²) in [5, 5.41) is 8.65. The molecule has 0 aliphatic carbocycles. The Hall–Kier alpha value is -1.69. The third kappa shape index (κ3) is 1.41. The van der Waals surface area contributed by atoms with Crippen LogP contribution in [0.4, 0.5) is 5.69 Å². The van der Waals surface area contributed by atoms with Crippen molar-refractivity contribution in [2.45, 2.75) is 0 Å². The monoisotopic (exact) mass is 150 g/mol. The fourth-order valence-electron chi connectivity index (χ4n) is 0.685. The van der Waals surface area contributed by atoms with Gasteiger partial charge >= 0.3 is 0 Å². The Bertz CT molecular complexity index is 385. The van der Waals surface area contributed by atoms with Crippen molar-refractivity contribution < 1.29 is 7.48 Å². The molecule has 1 rings (SSSR count). The summed E-state index contributed by atoms with van der Waals surface area (Å²) < 4.78 is 19.6. The molecule has 1 aromatic rings. The van der Waals surface area contributed by atoms with Crippen molar-refractivity contribution in [1.82, 2.24) is 0 Å². The summed E-state index contributed by atoms with van der Waals surface area (Å²) in [6, 6.07) is 2.99. The summed E-state index contributed by atoms with van der Waals surface area (Å²) in [4.78, 5) is 0. The normalized spacial score (nSPS) is 11.3. The van der Waals surface area contributed by atoms with Crippen LogP contribution in [0, 0.1) is 11.3 Å². The van der Waals surface area contributed by atoms with Gasteiger partial charge in [-0.15, -0.1) is 0 Å². The second-order valence-corrected chi connectivity index (χ2v) is 1.89. The zero-order valence-corrected chi connectivity index (χ0v) is 6.01. The van der Waals surface area contributed by atoms with Gasteiger partial charge in [0, 0.05) is 11.7 Å². The average molecular weight is 150 g/mol. The van der Waals surface area contributed by atoms with Gasteiger partial charge in [-0.3, -0.25) is 0 Å². The van der Waals surface area contributed by atoms with Crippen LogP contribution in [0.25, 0.3) is 0 Å². The predicted octanol–water partition coefficient (Wildman–Crippen LogP) is 1.15. The Morgan fingerprint density at radius 3 is 3.09 bits per heavy atom. The molecule has 0 saturated heterocycles. The first kappa shape index (κ1) is 5.03. The van der Waals surface area contributed by atoms with E-state index in [4.69, 9.17) is 18.5 Å². The van der Waals surface area contributed by atoms with Gasteiger partial charge in [-0.25, -0.2) is 0 Å². The summed E-state index contributed by atoms with van der Waals surface area (Å²) in [7, 11) is 1.36. The molecule has 0 spiro atoms. The van der Waals surface area contributed by atoms with Crippen molar-refractivity contribution in [2.24, 2.45) is 0 Å². The van der Waals surface area contributed by atoms with E-state index in [0.717, 1.165) is 0 Å². The van der Waals surface area contributed by atoms with Crippen LogP contribution in [-0.2, 0) is 0 Å². The van der Waals surface area contributed by atoms with E-state index in [-0.39, 0.29) is 29.1 Å². The van der Waals surface area contributed by atoms with Crippen LogP contribution < -0.4 is 10.5 Å². The van der Waals surface area contributed by atoms with Gasteiger partial charge in [-0.2, -0.15) is 5.26 Å². The third-order valence-electron chi connectivity index (χ3n) is 1.19. The van der Waals surface area contributed by atoms with Crippen molar-refractivity contribution >= 4 is 5.69 Å². The molecule has 0 aromatic heterocycles. The standard InChI is InChI=1S/C8H8N2O/c1-11-8-4-7(10)3-2-6(8)5-9/h2-4H,10H2,1H3/i3D,4D. The first-order valence-corrected chi connectivity index (χ1v) is 2.95. The van der Waals surface area contributed by atoms with E-state index in [0.29, 0.717) is 0 Å². The number of nitrogens with zero attached hydrogens (tertiary/aromatic N) is 1. The molecule has 3 nitrogen and oxygen atoms in total. The van der Waals surface area contributed by atoms with Gasteiger partial charge in [0.05, 0.1) is 15.4 Å². The first-order valence-electron chi connectivity index (χ1n) is 3.95. The van der Waals surface area contributed by atoms with Gasteiger partial charge < -0.3 is 10.5 Å². The summed E-state index contributed by atoms with van der Waals surface area (Å²) in [6.07, 6.45) is 0. The lowest BCUT2D eigenvalue weighted by molar-refractivity contribution is 0.414. The van der Waals surface area contributed by atoms with Crippen LogP contribution in [0.2, 0.25) is 0 Å². The zero-order valence-electron chi connectivity index (χ0n) is 8.01. The maximum absolute atomic E-state index is 8.65. The van der Waals surface area contributed by atoms with E-state index in [9.17, 15) is 0 Å². The van der Waals surface area contributed by atoms with E-state index in [1.54, 1.807) is 0 Å². The number of nitriles is 1. The summed E-state index contributed by atoms with van der Waals surface area (Å²) in [6.45, 7) is 0. The van der Waals surface area contributed by atoms with Gasteiger partial charge in [-0.1, -0.05) is 0 Å². The van der Waals surface area contributed by atoms with Gasteiger partial charge in [0.25, 0.3) is 0 Å². The highest BCUT2D eigenvalue weighted by molar-refractivity contribution is 5.52. The number of benzene rings is 1. The van der Waals surface area contributed by atoms with E-state index < -0.39 is 0 Å². The molecule has 0 unspecified atom stereocenters. The molecule has 11 heavy (non-hydrogen) atoms. The van der Waals surface area contributed by atoms with Crippen LogP contribution in [0.1, 0.15) is 8.30 Å². The largest absolute Gasteiger partial charge is 0.495 e. The summed E-state index contributed by atoms with van der Waals surface area (Å²) in [5.41, 5.74) is 5.60. The molecular formula is C8H8N2O. The minimum absolute atomic E-state index is 0.0239. The van der Waals surface area contributed by atoms with Crippen LogP contribution in [0.3, 0.4) is 0 Å². The number of hydrogen-bond donors (Lipinski definition) is 1. The van der Waals surface area contributed by atoms with Crippen molar-refractivity contribution in [2.75, 3.05) is 12.8 Å². The Morgan fingerprint density at radius 2 is 2.55 bits per heavy atom. The van der Waals surface area contributed by atoms with E-state index in [1.165, 1.54) is 13.2 Å². The summed E-state index contributed by atoms with van der Waals surface area (Å²) in [5.74, 6) is 0.121. The maximum atomic E-state index is 8.65. The lowest BCUT2D eigenvalue weighted by Crippen LogP contribution is -1.90. The molecule has 0 aliphatic rings. The lowest BCUT2D eigenvalue weighted by atomic mass is 10.2. The fourth-order valence-corrected chi connectivity index (χ4v) is 0.685. The number of methoxy groups -OCH3 is 1. The Labute approximate surface area is 67.8 Å². The Balaban J connectivity index is 3.50. The number of hydrogen-bond acceptors (Lipinski definition) is 3. The number of rotatable bonds is 1. The molecule has 56 valence electrons. The Morgan fingerprint density at radius 1 is 1.82 bits per heavy atom. The van der Waals surface area contributed by atoms with Gasteiger partial charge in [-0.05, 0) is 12.1 Å². The molecule has 3 heteroatoms. The van der Waals surface area contributed by atoms with E-state index >= 15 is 0 Å². The highest BCUT2D eigenvalue weighted by Crippen LogP contribution is 2.19. The SMILES string of the molecule is [2H]c1cc(C#N)c(OC)c([2H])c1N. The number of anilines is 1. The molecule has 1 aromatic carbocycles. The smallest absolute Gasteiger partial charge is 0.138 e. The highest BCUT2D eigenvalue weighted by Gasteiger charge is 2.00. The van der Waals surface area contributed by atoms with Gasteiger partial charge in [0.2, 0.25) is 0 Å². The van der Waals surface area contributed by atoms with Gasteiger partial charge in [0.15, 0.2) is 0 Å². The fraction of sp³-hybridized carbons (Fsp3) is 0.125. The lowest BCUT2D eigenvalue weighted by Gasteiger charge is -2.01. The molecule has 0 amide bonds. The van der Waals surface area contributed by atoms with Gasteiger partial charge in [0.1, 0.15) is 11.8 Å². The number of ether oxygens (including phenoxy) is 1. The quantitative estimate of drug-likeness (QED) is 0.611. The van der Waals surface area contributed by atoms with Crippen LogP contribution in [0.15, 0.2) is 18.2 Å². The molecule has 0 atom stereocenters. The number of nitrogen functional groups attached to an aromatic ring is 1. The molecular weight excluding hydrogens is 140 g/mol. The molecule has 2 N–H and O–H groups in total. The molecule has 0 heterocycles. The minimum atomic E-state index is -0.105. The van der Waals surface area contributed by atoms with Crippen LogP contribution >= 0.6 is 0 Å². The van der Waals surface area contributed by atoms with Crippen LogP contribution in [0.5, 0.6) is 5.75 Å². The molecule has 0 fully saturated rings. The van der Waals surface area contributed by atoms with E-state index in [1.807, 2.05) is 6.07 Å². The van der Waals surface area contributed by atoms with Crippen molar-refractivity contribution in [3.8, 4) is 11.8 Å². The van der Waals surface area contributed by atoms with Crippen molar-refractivity contribution in [3.63, 3.8) is 0 Å². The molecule has 0 radical (unpaired) electrons. The second kappa shape index (κ2) is 2.93. The highest BCUT2D eigenvalue weighted by atomic mass is 16.5. The molecule has 0 bridgehead atoms. The van der Waals surface area contributed by atoms with Crippen LogP contribution in [-0.4, -0.2) is 7.11 Å². The predicted molar refractivity (Wildman–Crippen MR) is 42.1 cm³/mol. The minimum Gasteiger partial charge on any atom is -0.495 e. The topological polar surface area (TPSA) is 59.0 Å². The van der Waals surface area contributed by atoms with Crippen molar-refractivity contribution in [3.05, 3.63) is 23.7 Å². The third-order valence-corrected chi connectivity index (χ3v) is 1.19. The van der Waals surface area contributed by atoms with Crippen molar-refractivity contribution in [1.29, 1.82) is 5.26 Å². The second-order valence-electron chi connectivity index (χ2n) is 1.89.